The lowest BCUT2D eigenvalue weighted by molar-refractivity contribution is 0.135. The van der Waals surface area contributed by atoms with Crippen molar-refractivity contribution in [2.24, 2.45) is 0 Å². The van der Waals surface area contributed by atoms with Gasteiger partial charge in [0.2, 0.25) is 5.39 Å². The Hall–Kier alpha value is -1.24. The van der Waals surface area contributed by atoms with E-state index >= 15 is 0 Å². The molecule has 0 saturated carbocycles. The second-order valence-corrected chi connectivity index (χ2v) is 2.77. The highest BCUT2D eigenvalue weighted by molar-refractivity contribution is 4.97. The average Bonchev–Trinajstić information content (AvgIpc) is 2.20. The highest BCUT2D eigenvalue weighted by Crippen LogP contribution is 2.14. The van der Waals surface area contributed by atoms with Crippen molar-refractivity contribution in [3.8, 4) is 0 Å². The van der Waals surface area contributed by atoms with Crippen LogP contribution in [0.5, 0.6) is 0 Å². The molecule has 0 aromatic rings. The fraction of sp³-hybridized carbons (Fsp3) is 0.750. The number of likely N-dealkylation sites (tertiary alicyclic amines) is 1. The van der Waals surface area contributed by atoms with Crippen LogP contribution in [0.15, 0.2) is 12.1 Å². The third-order valence-corrected chi connectivity index (χ3v) is 1.98. The SMILES string of the molecule is [2H]/C([N+]#N)=C(\OC)N1CCCCC1. The van der Waals surface area contributed by atoms with Gasteiger partial charge in [0.05, 0.1) is 7.11 Å². The van der Waals surface area contributed by atoms with Crippen LogP contribution in [0.3, 0.4) is 0 Å². The summed E-state index contributed by atoms with van der Waals surface area (Å²) in [4.78, 5) is 4.75. The van der Waals surface area contributed by atoms with Gasteiger partial charge >= 0.3 is 6.18 Å². The molecule has 4 heteroatoms. The molecule has 0 aromatic heterocycles. The first-order chi connectivity index (χ1) is 6.29. The molecule has 0 aliphatic carbocycles. The molecule has 0 bridgehead atoms. The molecule has 0 unspecified atom stereocenters. The van der Waals surface area contributed by atoms with Crippen molar-refractivity contribution in [1.29, 1.82) is 5.39 Å². The standard InChI is InChI=1S/C8H14N3O/c1-12-8(7-10-9)11-5-3-2-4-6-11/h7H,2-6H2,1H3/q+1/b8-7+/i7D. The molecule has 1 saturated heterocycles. The fourth-order valence-electron chi connectivity index (χ4n) is 1.39. The molecule has 1 rings (SSSR count). The van der Waals surface area contributed by atoms with Crippen molar-refractivity contribution in [3.05, 3.63) is 17.0 Å². The van der Waals surface area contributed by atoms with Crippen LogP contribution in [0.2, 0.25) is 0 Å². The Morgan fingerprint density at radius 1 is 1.58 bits per heavy atom. The minimum Gasteiger partial charge on any atom is -0.477 e. The Labute approximate surface area is 73.8 Å². The van der Waals surface area contributed by atoms with Gasteiger partial charge in [0.25, 0.3) is 5.88 Å². The number of diazo groups is 1. The van der Waals surface area contributed by atoms with Crippen molar-refractivity contribution in [3.63, 3.8) is 0 Å². The van der Waals surface area contributed by atoms with Crippen LogP contribution in [0.1, 0.15) is 20.6 Å². The Balaban J connectivity index is 2.71. The zero-order valence-electron chi connectivity index (χ0n) is 8.29. The third-order valence-electron chi connectivity index (χ3n) is 1.98. The predicted octanol–water partition coefficient (Wildman–Crippen LogP) is 1.77. The maximum atomic E-state index is 8.44. The predicted molar refractivity (Wildman–Crippen MR) is 45.6 cm³/mol. The molecule has 0 atom stereocenters. The normalized spacial score (nSPS) is 20.7. The Bertz CT molecular complexity index is 240. The lowest BCUT2D eigenvalue weighted by Crippen LogP contribution is -2.29. The summed E-state index contributed by atoms with van der Waals surface area (Å²) >= 11 is 0. The van der Waals surface area contributed by atoms with Crippen LogP contribution in [0.25, 0.3) is 4.98 Å². The minimum absolute atomic E-state index is 0.204. The van der Waals surface area contributed by atoms with Gasteiger partial charge in [-0.1, -0.05) is 0 Å². The molecule has 1 fully saturated rings. The second-order valence-electron chi connectivity index (χ2n) is 2.77. The van der Waals surface area contributed by atoms with Crippen LogP contribution >= 0.6 is 0 Å². The number of hydrogen-bond acceptors (Lipinski definition) is 3. The molecule has 66 valence electrons. The van der Waals surface area contributed by atoms with Crippen LogP contribution in [0.4, 0.5) is 0 Å². The van der Waals surface area contributed by atoms with Crippen molar-refractivity contribution >= 4 is 0 Å². The zero-order valence-corrected chi connectivity index (χ0v) is 7.29. The molecule has 0 spiro atoms. The molecule has 0 amide bonds. The summed E-state index contributed by atoms with van der Waals surface area (Å²) < 4.78 is 12.3. The summed E-state index contributed by atoms with van der Waals surface area (Å²) in [6.07, 6.45) is 3.22. The zero-order chi connectivity index (χ0) is 9.68. The number of rotatable bonds is 2. The molecule has 12 heavy (non-hydrogen) atoms. The van der Waals surface area contributed by atoms with E-state index in [0.29, 0.717) is 5.88 Å². The van der Waals surface area contributed by atoms with E-state index < -0.39 is 0 Å². The largest absolute Gasteiger partial charge is 0.477 e. The van der Waals surface area contributed by atoms with Gasteiger partial charge in [0.1, 0.15) is 0 Å². The quantitative estimate of drug-likeness (QED) is 0.467. The Kier molecular flexibility index (Phi) is 2.84. The fourth-order valence-corrected chi connectivity index (χ4v) is 1.39. The summed E-state index contributed by atoms with van der Waals surface area (Å²) in [6.45, 7) is 1.75. The molecule has 1 heterocycles. The summed E-state index contributed by atoms with van der Waals surface area (Å²) in [7, 11) is 1.49. The maximum Gasteiger partial charge on any atom is 0.409 e. The van der Waals surface area contributed by atoms with E-state index in [1.165, 1.54) is 13.5 Å². The summed E-state index contributed by atoms with van der Waals surface area (Å²) in [6, 6.07) is 0. The van der Waals surface area contributed by atoms with Gasteiger partial charge in [-0.05, 0) is 19.3 Å². The van der Waals surface area contributed by atoms with Gasteiger partial charge in [0, 0.05) is 13.1 Å². The van der Waals surface area contributed by atoms with Crippen LogP contribution in [0, 0.1) is 5.39 Å². The number of ether oxygens (including phenoxy) is 1. The van der Waals surface area contributed by atoms with Gasteiger partial charge in [0.15, 0.2) is 6.35 Å². The van der Waals surface area contributed by atoms with Gasteiger partial charge in [-0.2, -0.15) is 0 Å². The van der Waals surface area contributed by atoms with Gasteiger partial charge in [-0.15, -0.1) is 0 Å². The molecule has 0 radical (unpaired) electrons. The first-order valence-electron chi connectivity index (χ1n) is 4.64. The first kappa shape index (κ1) is 7.41. The number of methoxy groups -OCH3 is 1. The topological polar surface area (TPSA) is 40.6 Å². The summed E-state index contributed by atoms with van der Waals surface area (Å²) in [5, 5.41) is 8.44. The number of hydrogen-bond donors (Lipinski definition) is 0. The Morgan fingerprint density at radius 3 is 2.75 bits per heavy atom. The lowest BCUT2D eigenvalue weighted by Gasteiger charge is -2.27. The van der Waals surface area contributed by atoms with E-state index in [2.05, 4.69) is 4.98 Å². The maximum absolute atomic E-state index is 8.44. The van der Waals surface area contributed by atoms with Crippen molar-refractivity contribution in [2.45, 2.75) is 19.3 Å². The summed E-state index contributed by atoms with van der Waals surface area (Å²) in [5.74, 6) is 0.363. The van der Waals surface area contributed by atoms with E-state index in [0.717, 1.165) is 25.9 Å². The Morgan fingerprint density at radius 2 is 2.25 bits per heavy atom. The van der Waals surface area contributed by atoms with E-state index in [9.17, 15) is 0 Å². The van der Waals surface area contributed by atoms with Gasteiger partial charge < -0.3 is 9.64 Å². The highest BCUT2D eigenvalue weighted by atomic mass is 16.5. The van der Waals surface area contributed by atoms with Crippen molar-refractivity contribution in [2.75, 3.05) is 20.2 Å². The summed E-state index contributed by atoms with van der Waals surface area (Å²) in [5.41, 5.74) is 0. The van der Waals surface area contributed by atoms with E-state index in [4.69, 9.17) is 11.5 Å². The van der Waals surface area contributed by atoms with E-state index in [1.807, 2.05) is 4.90 Å². The van der Waals surface area contributed by atoms with Crippen LogP contribution in [-0.4, -0.2) is 25.1 Å². The third kappa shape index (κ3) is 2.12. The molecular weight excluding hydrogens is 154 g/mol. The van der Waals surface area contributed by atoms with E-state index in [1.54, 1.807) is 0 Å². The van der Waals surface area contributed by atoms with Crippen molar-refractivity contribution < 1.29 is 6.11 Å². The average molecular weight is 169 g/mol. The van der Waals surface area contributed by atoms with Crippen LogP contribution in [-0.2, 0) is 4.74 Å². The van der Waals surface area contributed by atoms with Crippen molar-refractivity contribution in [1.82, 2.24) is 4.90 Å². The first-order valence-corrected chi connectivity index (χ1v) is 4.14. The van der Waals surface area contributed by atoms with Crippen LogP contribution < -0.4 is 0 Å². The molecule has 1 aliphatic heterocycles. The minimum atomic E-state index is -0.204. The molecule has 4 nitrogen and oxygen atoms in total. The number of piperidine rings is 1. The molecular formula is C8H14N3O+. The molecule has 0 aromatic carbocycles. The lowest BCUT2D eigenvalue weighted by atomic mass is 10.1. The number of nitrogens with zero attached hydrogens (tertiary/aromatic N) is 3. The van der Waals surface area contributed by atoms with Gasteiger partial charge in [-0.25, -0.2) is 0 Å². The smallest absolute Gasteiger partial charge is 0.409 e. The van der Waals surface area contributed by atoms with E-state index in [-0.39, 0.29) is 6.18 Å². The second kappa shape index (κ2) is 4.60. The highest BCUT2D eigenvalue weighted by Gasteiger charge is 2.16. The monoisotopic (exact) mass is 169 g/mol. The molecule has 1 aliphatic rings. The van der Waals surface area contributed by atoms with Gasteiger partial charge in [-0.3, -0.25) is 0 Å². The molecule has 0 N–H and O–H groups in total.